The van der Waals surface area contributed by atoms with Crippen LogP contribution in [0.3, 0.4) is 0 Å². The summed E-state index contributed by atoms with van der Waals surface area (Å²) in [6, 6.07) is 17.6. The normalized spacial score (nSPS) is 12.2. The molecule has 3 aromatic carbocycles. The summed E-state index contributed by atoms with van der Waals surface area (Å²) in [4.78, 5) is 33.2. The summed E-state index contributed by atoms with van der Waals surface area (Å²) in [5.41, 5.74) is 6.01. The molecule has 1 heterocycles. The van der Waals surface area contributed by atoms with Gasteiger partial charge in [0.05, 0.1) is 30.1 Å². The number of amides is 2. The average molecular weight is 609 g/mol. The topological polar surface area (TPSA) is 184 Å². The van der Waals surface area contributed by atoms with E-state index in [-0.39, 0.29) is 22.2 Å². The number of benzene rings is 3. The number of ether oxygens (including phenoxy) is 3. The standard InChI is InChI=1S/C29H32N6O7S/c1-29(2,3)24(42-28(30)37)27(36)32-17-9-8-10-21(15-17)43(38,39)35-26-25(33-22-11-6-7-12-23(22)34-26)31-18-13-19(40-4)16-20(14-18)41-5/h6-16,24H,1-5H3,(H2,30,37)(H,31,33)(H,32,36)(H,34,35). The number of nitrogens with one attached hydrogen (secondary N) is 3. The first-order valence-corrected chi connectivity index (χ1v) is 14.4. The lowest BCUT2D eigenvalue weighted by Gasteiger charge is -2.28. The molecule has 0 radical (unpaired) electrons. The van der Waals surface area contributed by atoms with Gasteiger partial charge in [-0.05, 0) is 30.3 Å². The maximum absolute atomic E-state index is 13.6. The molecule has 0 fully saturated rings. The molecule has 1 unspecified atom stereocenters. The quantitative estimate of drug-likeness (QED) is 0.198. The number of fused-ring (bicyclic) bond motifs is 1. The monoisotopic (exact) mass is 608 g/mol. The molecule has 0 saturated carbocycles. The van der Waals surface area contributed by atoms with Gasteiger partial charge in [0, 0.05) is 35.0 Å². The van der Waals surface area contributed by atoms with Gasteiger partial charge >= 0.3 is 6.09 Å². The van der Waals surface area contributed by atoms with E-state index >= 15 is 0 Å². The molecule has 0 saturated heterocycles. The molecule has 43 heavy (non-hydrogen) atoms. The Labute approximate surface area is 248 Å². The number of anilines is 4. The molecular weight excluding hydrogens is 576 g/mol. The molecule has 1 aromatic heterocycles. The van der Waals surface area contributed by atoms with Crippen molar-refractivity contribution >= 4 is 56.1 Å². The minimum absolute atomic E-state index is 0.0717. The van der Waals surface area contributed by atoms with Crippen molar-refractivity contribution in [3.8, 4) is 11.5 Å². The Morgan fingerprint density at radius 2 is 1.44 bits per heavy atom. The van der Waals surface area contributed by atoms with E-state index in [0.29, 0.717) is 28.2 Å². The van der Waals surface area contributed by atoms with E-state index in [1.165, 1.54) is 38.5 Å². The van der Waals surface area contributed by atoms with Crippen LogP contribution in [-0.2, 0) is 19.6 Å². The van der Waals surface area contributed by atoms with E-state index in [9.17, 15) is 18.0 Å². The second-order valence-electron chi connectivity index (χ2n) is 10.4. The maximum atomic E-state index is 13.6. The predicted molar refractivity (Wildman–Crippen MR) is 162 cm³/mol. The van der Waals surface area contributed by atoms with Crippen LogP contribution in [0.2, 0.25) is 0 Å². The van der Waals surface area contributed by atoms with E-state index in [1.54, 1.807) is 63.2 Å². The third-order valence-electron chi connectivity index (χ3n) is 6.09. The number of aromatic nitrogens is 2. The Kier molecular flexibility index (Phi) is 8.90. The van der Waals surface area contributed by atoms with E-state index < -0.39 is 33.5 Å². The molecular formula is C29H32N6O7S. The van der Waals surface area contributed by atoms with Crippen molar-refractivity contribution < 1.29 is 32.2 Å². The second kappa shape index (κ2) is 12.4. The highest BCUT2D eigenvalue weighted by molar-refractivity contribution is 7.92. The van der Waals surface area contributed by atoms with Crippen molar-refractivity contribution in [3.63, 3.8) is 0 Å². The summed E-state index contributed by atoms with van der Waals surface area (Å²) >= 11 is 0. The highest BCUT2D eigenvalue weighted by Gasteiger charge is 2.35. The average Bonchev–Trinajstić information content (AvgIpc) is 2.95. The number of para-hydroxylation sites is 2. The molecule has 1 atom stereocenters. The minimum atomic E-state index is -4.25. The summed E-state index contributed by atoms with van der Waals surface area (Å²) in [6.45, 7) is 5.09. The van der Waals surface area contributed by atoms with Crippen LogP contribution in [0.1, 0.15) is 20.8 Å². The van der Waals surface area contributed by atoms with Crippen LogP contribution in [0.5, 0.6) is 11.5 Å². The first-order chi connectivity index (χ1) is 20.3. The van der Waals surface area contributed by atoms with E-state index in [0.717, 1.165) is 0 Å². The van der Waals surface area contributed by atoms with Gasteiger partial charge in [-0.15, -0.1) is 0 Å². The van der Waals surface area contributed by atoms with Crippen molar-refractivity contribution in [2.75, 3.05) is 29.6 Å². The van der Waals surface area contributed by atoms with Crippen LogP contribution in [0, 0.1) is 5.41 Å². The summed E-state index contributed by atoms with van der Waals surface area (Å²) in [5, 5.41) is 5.69. The van der Waals surface area contributed by atoms with E-state index in [4.69, 9.17) is 19.9 Å². The minimum Gasteiger partial charge on any atom is -0.497 e. The van der Waals surface area contributed by atoms with Gasteiger partial charge in [0.25, 0.3) is 15.9 Å². The first-order valence-electron chi connectivity index (χ1n) is 13.0. The number of carbonyl (C=O) groups excluding carboxylic acids is 2. The highest BCUT2D eigenvalue weighted by atomic mass is 32.2. The fourth-order valence-corrected chi connectivity index (χ4v) is 5.10. The number of primary amides is 1. The van der Waals surface area contributed by atoms with Crippen molar-refractivity contribution in [1.82, 2.24) is 9.97 Å². The zero-order chi connectivity index (χ0) is 31.4. The van der Waals surface area contributed by atoms with Crippen LogP contribution in [0.4, 0.5) is 27.8 Å². The molecule has 0 aliphatic heterocycles. The summed E-state index contributed by atoms with van der Waals surface area (Å²) in [6.07, 6.45) is -2.33. The number of carbonyl (C=O) groups is 2. The fourth-order valence-electron chi connectivity index (χ4n) is 4.05. The van der Waals surface area contributed by atoms with Crippen molar-refractivity contribution in [2.45, 2.75) is 31.8 Å². The van der Waals surface area contributed by atoms with E-state index in [2.05, 4.69) is 25.3 Å². The molecule has 2 amide bonds. The third-order valence-corrected chi connectivity index (χ3v) is 7.42. The number of hydrogen-bond acceptors (Lipinski definition) is 10. The van der Waals surface area contributed by atoms with Gasteiger partial charge in [0.1, 0.15) is 11.5 Å². The Balaban J connectivity index is 1.67. The lowest BCUT2D eigenvalue weighted by molar-refractivity contribution is -0.129. The maximum Gasteiger partial charge on any atom is 0.405 e. The number of rotatable bonds is 10. The van der Waals surface area contributed by atoms with Crippen LogP contribution in [0.15, 0.2) is 71.6 Å². The zero-order valence-electron chi connectivity index (χ0n) is 24.2. The van der Waals surface area contributed by atoms with Crippen molar-refractivity contribution in [2.24, 2.45) is 11.1 Å². The summed E-state index contributed by atoms with van der Waals surface area (Å²) < 4.78 is 45.3. The fraction of sp³-hybridized carbons (Fsp3) is 0.241. The largest absolute Gasteiger partial charge is 0.497 e. The number of hydrogen-bond donors (Lipinski definition) is 4. The molecule has 0 aliphatic carbocycles. The van der Waals surface area contributed by atoms with E-state index in [1.807, 2.05) is 0 Å². The molecule has 0 spiro atoms. The van der Waals surface area contributed by atoms with Crippen LogP contribution < -0.4 is 30.6 Å². The first kappa shape index (κ1) is 30.8. The van der Waals surface area contributed by atoms with Gasteiger partial charge in [-0.2, -0.15) is 0 Å². The summed E-state index contributed by atoms with van der Waals surface area (Å²) in [7, 11) is -1.22. The van der Waals surface area contributed by atoms with Crippen LogP contribution in [0.25, 0.3) is 11.0 Å². The van der Waals surface area contributed by atoms with Gasteiger partial charge in [0.15, 0.2) is 17.7 Å². The molecule has 0 bridgehead atoms. The Hall–Kier alpha value is -5.11. The van der Waals surface area contributed by atoms with Gasteiger partial charge in [-0.3, -0.25) is 9.52 Å². The van der Waals surface area contributed by atoms with Gasteiger partial charge in [-0.25, -0.2) is 23.2 Å². The molecule has 0 aliphatic rings. The van der Waals surface area contributed by atoms with Gasteiger partial charge in [-0.1, -0.05) is 39.0 Å². The highest BCUT2D eigenvalue weighted by Crippen LogP contribution is 2.32. The number of nitrogens with two attached hydrogens (primary N) is 1. The SMILES string of the molecule is COc1cc(Nc2nc3ccccc3nc2NS(=O)(=O)c2cccc(NC(=O)C(OC(N)=O)C(C)(C)C)c2)cc(OC)c1. The summed E-state index contributed by atoms with van der Waals surface area (Å²) in [5.74, 6) is 0.392. The third kappa shape index (κ3) is 7.60. The number of nitrogens with zero attached hydrogens (tertiary/aromatic N) is 2. The molecule has 5 N–H and O–H groups in total. The number of sulfonamides is 1. The lowest BCUT2D eigenvalue weighted by Crippen LogP contribution is -2.43. The number of methoxy groups -OCH3 is 2. The Morgan fingerprint density at radius 1 is 0.837 bits per heavy atom. The van der Waals surface area contributed by atoms with Crippen molar-refractivity contribution in [1.29, 1.82) is 0 Å². The Bertz CT molecular complexity index is 1750. The van der Waals surface area contributed by atoms with Crippen LogP contribution in [-0.4, -0.2) is 50.7 Å². The molecule has 4 rings (SSSR count). The smallest absolute Gasteiger partial charge is 0.405 e. The second-order valence-corrected chi connectivity index (χ2v) is 12.1. The lowest BCUT2D eigenvalue weighted by atomic mass is 9.88. The molecule has 14 heteroatoms. The Morgan fingerprint density at radius 3 is 2.00 bits per heavy atom. The van der Waals surface area contributed by atoms with Crippen LogP contribution >= 0.6 is 0 Å². The zero-order valence-corrected chi connectivity index (χ0v) is 25.0. The predicted octanol–water partition coefficient (Wildman–Crippen LogP) is 4.64. The van der Waals surface area contributed by atoms with Gasteiger partial charge < -0.3 is 30.6 Å². The molecule has 226 valence electrons. The van der Waals surface area contributed by atoms with Gasteiger partial charge in [0.2, 0.25) is 0 Å². The molecule has 13 nitrogen and oxygen atoms in total. The van der Waals surface area contributed by atoms with Crippen molar-refractivity contribution in [3.05, 3.63) is 66.7 Å². The molecule has 4 aromatic rings.